The van der Waals surface area contributed by atoms with Crippen LogP contribution in [0.2, 0.25) is 5.02 Å². The molecular weight excluding hydrogens is 319 g/mol. The van der Waals surface area contributed by atoms with Crippen LogP contribution in [-0.4, -0.2) is 33.2 Å². The van der Waals surface area contributed by atoms with Gasteiger partial charge < -0.3 is 4.90 Å². The predicted molar refractivity (Wildman–Crippen MR) is 76.7 cm³/mol. The topological polar surface area (TPSA) is 38.1 Å². The summed E-state index contributed by atoms with van der Waals surface area (Å²) >= 11 is 5.73. The first-order valence-electron chi connectivity index (χ1n) is 7.27. The van der Waals surface area contributed by atoms with Gasteiger partial charge in [-0.05, 0) is 40.0 Å². The Morgan fingerprint density at radius 3 is 2.55 bits per heavy atom. The van der Waals surface area contributed by atoms with Gasteiger partial charge in [-0.15, -0.1) is 0 Å². The molecule has 8 heteroatoms. The van der Waals surface area contributed by atoms with Crippen molar-refractivity contribution in [2.45, 2.75) is 58.3 Å². The zero-order valence-corrected chi connectivity index (χ0v) is 13.5. The molecule has 0 N–H and O–H groups in total. The number of piperidine rings is 1. The molecule has 0 aliphatic carbocycles. The van der Waals surface area contributed by atoms with Crippen LogP contribution in [0.25, 0.3) is 0 Å². The maximum absolute atomic E-state index is 12.9. The van der Waals surface area contributed by atoms with Gasteiger partial charge in [0.25, 0.3) is 0 Å². The van der Waals surface area contributed by atoms with Gasteiger partial charge in [0.1, 0.15) is 6.04 Å². The van der Waals surface area contributed by atoms with Crippen molar-refractivity contribution in [3.63, 3.8) is 0 Å². The van der Waals surface area contributed by atoms with Crippen LogP contribution >= 0.6 is 11.6 Å². The second-order valence-corrected chi connectivity index (χ2v) is 6.12. The first-order chi connectivity index (χ1) is 10.1. The zero-order valence-electron chi connectivity index (χ0n) is 12.7. The highest BCUT2D eigenvalue weighted by molar-refractivity contribution is 6.32. The number of amides is 1. The fraction of sp³-hybridized carbons (Fsp3) is 0.714. The lowest BCUT2D eigenvalue weighted by atomic mass is 10.0. The molecule has 1 aliphatic rings. The summed E-state index contributed by atoms with van der Waals surface area (Å²) < 4.78 is 39.7. The summed E-state index contributed by atoms with van der Waals surface area (Å²) in [5.41, 5.74) is -0.988. The predicted octanol–water partition coefficient (Wildman–Crippen LogP) is 3.83. The Hall–Kier alpha value is -1.24. The van der Waals surface area contributed by atoms with Gasteiger partial charge in [-0.2, -0.15) is 18.3 Å². The van der Waals surface area contributed by atoms with E-state index in [1.807, 2.05) is 6.92 Å². The molecule has 2 heterocycles. The maximum Gasteiger partial charge on any atom is 0.436 e. The minimum Gasteiger partial charge on any atom is -0.338 e. The Labute approximate surface area is 132 Å². The standard InChI is InChI=1S/C14H19ClF3N3O/c1-8-6-4-5-7-20(8)13(22)10(3)21-9(2)11(15)12(19-21)14(16,17)18/h8,10H,4-7H2,1-3H3/t8-,10-/m0/s1. The van der Waals surface area contributed by atoms with Crippen LogP contribution in [0.15, 0.2) is 0 Å². The maximum atomic E-state index is 12.9. The molecule has 1 aliphatic heterocycles. The third-order valence-corrected chi connectivity index (χ3v) is 4.61. The fourth-order valence-corrected chi connectivity index (χ4v) is 3.06. The molecule has 22 heavy (non-hydrogen) atoms. The van der Waals surface area contributed by atoms with Crippen LogP contribution in [-0.2, 0) is 11.0 Å². The SMILES string of the molecule is Cc1c(Cl)c(C(F)(F)F)nn1[C@@H](C)C(=O)N1CCCC[C@@H]1C. The van der Waals surface area contributed by atoms with Gasteiger partial charge in [0.15, 0.2) is 5.69 Å². The molecule has 0 bridgehead atoms. The average Bonchev–Trinajstić information content (AvgIpc) is 2.74. The average molecular weight is 338 g/mol. The molecule has 0 aromatic carbocycles. The summed E-state index contributed by atoms with van der Waals surface area (Å²) in [6.07, 6.45) is -1.75. The van der Waals surface area contributed by atoms with Crippen LogP contribution in [0.3, 0.4) is 0 Å². The summed E-state index contributed by atoms with van der Waals surface area (Å²) in [5, 5.41) is 3.09. The van der Waals surface area contributed by atoms with E-state index in [-0.39, 0.29) is 17.6 Å². The van der Waals surface area contributed by atoms with Crippen molar-refractivity contribution < 1.29 is 18.0 Å². The number of rotatable bonds is 2. The Balaban J connectivity index is 2.29. The van der Waals surface area contributed by atoms with Gasteiger partial charge in [0.05, 0.1) is 10.7 Å². The molecule has 1 saturated heterocycles. The molecule has 1 fully saturated rings. The number of carbonyl (C=O) groups is 1. The minimum atomic E-state index is -4.63. The molecule has 124 valence electrons. The number of hydrogen-bond acceptors (Lipinski definition) is 2. The van der Waals surface area contributed by atoms with E-state index >= 15 is 0 Å². The molecule has 0 saturated carbocycles. The molecule has 4 nitrogen and oxygen atoms in total. The van der Waals surface area contributed by atoms with Gasteiger partial charge >= 0.3 is 6.18 Å². The summed E-state index contributed by atoms with van der Waals surface area (Å²) in [7, 11) is 0. The van der Waals surface area contributed by atoms with E-state index in [1.54, 1.807) is 11.8 Å². The number of halogens is 4. The van der Waals surface area contributed by atoms with Crippen molar-refractivity contribution in [3.8, 4) is 0 Å². The highest BCUT2D eigenvalue weighted by atomic mass is 35.5. The van der Waals surface area contributed by atoms with Gasteiger partial charge in [0.2, 0.25) is 5.91 Å². The molecule has 0 spiro atoms. The van der Waals surface area contributed by atoms with Crippen LogP contribution in [0.5, 0.6) is 0 Å². The Bertz CT molecular complexity index is 570. The van der Waals surface area contributed by atoms with Crippen LogP contribution in [0.4, 0.5) is 13.2 Å². The molecular formula is C14H19ClF3N3O. The molecule has 2 atom stereocenters. The largest absolute Gasteiger partial charge is 0.436 e. The summed E-state index contributed by atoms with van der Waals surface area (Å²) in [6, 6.07) is -0.716. The highest BCUT2D eigenvalue weighted by Gasteiger charge is 2.39. The third-order valence-electron chi connectivity index (χ3n) is 4.16. The highest BCUT2D eigenvalue weighted by Crippen LogP contribution is 2.36. The van der Waals surface area contributed by atoms with E-state index in [4.69, 9.17) is 11.6 Å². The molecule has 2 rings (SSSR count). The van der Waals surface area contributed by atoms with E-state index in [0.29, 0.717) is 6.54 Å². The van der Waals surface area contributed by atoms with Crippen LogP contribution in [0, 0.1) is 6.92 Å². The number of aromatic nitrogens is 2. The summed E-state index contributed by atoms with van der Waals surface area (Å²) in [6.45, 7) is 5.58. The lowest BCUT2D eigenvalue weighted by Gasteiger charge is -2.35. The van der Waals surface area contributed by atoms with Crippen molar-refractivity contribution in [3.05, 3.63) is 16.4 Å². The summed E-state index contributed by atoms with van der Waals surface area (Å²) in [4.78, 5) is 14.3. The van der Waals surface area contributed by atoms with Gasteiger partial charge in [-0.25, -0.2) is 0 Å². The van der Waals surface area contributed by atoms with Crippen LogP contribution < -0.4 is 0 Å². The summed E-state index contributed by atoms with van der Waals surface area (Å²) in [5.74, 6) is -0.219. The van der Waals surface area contributed by atoms with E-state index in [1.165, 1.54) is 6.92 Å². The second-order valence-electron chi connectivity index (χ2n) is 5.74. The van der Waals surface area contributed by atoms with Gasteiger partial charge in [-0.3, -0.25) is 9.48 Å². The number of nitrogens with zero attached hydrogens (tertiary/aromatic N) is 3. The van der Waals surface area contributed by atoms with Crippen LogP contribution in [0.1, 0.15) is 50.5 Å². The van der Waals surface area contributed by atoms with E-state index in [9.17, 15) is 18.0 Å². The number of likely N-dealkylation sites (tertiary alicyclic amines) is 1. The smallest absolute Gasteiger partial charge is 0.338 e. The minimum absolute atomic E-state index is 0.0946. The molecule has 1 amide bonds. The number of hydrogen-bond donors (Lipinski definition) is 0. The van der Waals surface area contributed by atoms with Crippen molar-refractivity contribution >= 4 is 17.5 Å². The van der Waals surface area contributed by atoms with Crippen molar-refractivity contribution in [2.24, 2.45) is 0 Å². The quantitative estimate of drug-likeness (QED) is 0.822. The van der Waals surface area contributed by atoms with Crippen molar-refractivity contribution in [1.29, 1.82) is 0 Å². The monoisotopic (exact) mass is 337 g/mol. The fourth-order valence-electron chi connectivity index (χ4n) is 2.83. The second kappa shape index (κ2) is 6.10. The zero-order chi connectivity index (χ0) is 16.7. The number of alkyl halides is 3. The Morgan fingerprint density at radius 2 is 2.05 bits per heavy atom. The first kappa shape index (κ1) is 17.1. The van der Waals surface area contributed by atoms with Gasteiger partial charge in [0, 0.05) is 12.6 Å². The van der Waals surface area contributed by atoms with Gasteiger partial charge in [-0.1, -0.05) is 11.6 Å². The van der Waals surface area contributed by atoms with E-state index in [0.717, 1.165) is 23.9 Å². The molecule has 1 aromatic heterocycles. The molecule has 0 radical (unpaired) electrons. The lowest BCUT2D eigenvalue weighted by molar-refractivity contribution is -0.143. The third kappa shape index (κ3) is 3.09. The first-order valence-corrected chi connectivity index (χ1v) is 7.64. The Kier molecular flexibility index (Phi) is 4.75. The van der Waals surface area contributed by atoms with E-state index in [2.05, 4.69) is 5.10 Å². The lowest BCUT2D eigenvalue weighted by Crippen LogP contribution is -2.45. The molecule has 1 aromatic rings. The van der Waals surface area contributed by atoms with Crippen molar-refractivity contribution in [2.75, 3.05) is 6.54 Å². The Morgan fingerprint density at radius 1 is 1.41 bits per heavy atom. The van der Waals surface area contributed by atoms with Crippen molar-refractivity contribution in [1.82, 2.24) is 14.7 Å². The molecule has 0 unspecified atom stereocenters. The number of carbonyl (C=O) groups excluding carboxylic acids is 1. The van der Waals surface area contributed by atoms with E-state index < -0.39 is 22.9 Å². The normalized spacial score (nSPS) is 21.0.